The SMILES string of the molecule is CCN(C(=O)C(C)(C)C)c1ccc(CBr)cc1Cl. The summed E-state index contributed by atoms with van der Waals surface area (Å²) >= 11 is 9.65. The van der Waals surface area contributed by atoms with Gasteiger partial charge in [0.1, 0.15) is 0 Å². The van der Waals surface area contributed by atoms with Crippen molar-refractivity contribution >= 4 is 39.1 Å². The van der Waals surface area contributed by atoms with Crippen LogP contribution < -0.4 is 4.90 Å². The lowest BCUT2D eigenvalue weighted by Crippen LogP contribution is -2.39. The van der Waals surface area contributed by atoms with Crippen molar-refractivity contribution in [3.8, 4) is 0 Å². The predicted molar refractivity (Wildman–Crippen MR) is 81.6 cm³/mol. The Morgan fingerprint density at radius 1 is 1.39 bits per heavy atom. The predicted octanol–water partition coefficient (Wildman–Crippen LogP) is 4.63. The number of anilines is 1. The van der Waals surface area contributed by atoms with Crippen molar-refractivity contribution in [3.05, 3.63) is 28.8 Å². The van der Waals surface area contributed by atoms with Crippen molar-refractivity contribution in [2.45, 2.75) is 33.0 Å². The van der Waals surface area contributed by atoms with Crippen LogP contribution in [0.4, 0.5) is 5.69 Å². The molecule has 1 aromatic carbocycles. The van der Waals surface area contributed by atoms with Gasteiger partial charge in [0.05, 0.1) is 10.7 Å². The molecule has 0 saturated heterocycles. The normalized spacial score (nSPS) is 11.4. The number of hydrogen-bond donors (Lipinski definition) is 0. The van der Waals surface area contributed by atoms with Crippen LogP contribution >= 0.6 is 27.5 Å². The van der Waals surface area contributed by atoms with Gasteiger partial charge in [-0.25, -0.2) is 0 Å². The molecule has 0 bridgehead atoms. The highest BCUT2D eigenvalue weighted by Crippen LogP contribution is 2.30. The molecule has 1 rings (SSSR count). The lowest BCUT2D eigenvalue weighted by Gasteiger charge is -2.29. The Morgan fingerprint density at radius 3 is 2.39 bits per heavy atom. The van der Waals surface area contributed by atoms with Crippen molar-refractivity contribution < 1.29 is 4.79 Å². The van der Waals surface area contributed by atoms with Crippen molar-refractivity contribution in [1.82, 2.24) is 0 Å². The van der Waals surface area contributed by atoms with Gasteiger partial charge in [-0.2, -0.15) is 0 Å². The molecule has 0 aliphatic rings. The van der Waals surface area contributed by atoms with Gasteiger partial charge in [0.15, 0.2) is 0 Å². The molecule has 0 atom stereocenters. The minimum atomic E-state index is -0.409. The number of halogens is 2. The number of carbonyl (C=O) groups is 1. The van der Waals surface area contributed by atoms with Crippen LogP contribution in [0, 0.1) is 5.41 Å². The molecule has 0 aliphatic heterocycles. The first-order chi connectivity index (χ1) is 8.31. The van der Waals surface area contributed by atoms with E-state index in [1.165, 1.54) is 0 Å². The zero-order chi connectivity index (χ0) is 13.9. The quantitative estimate of drug-likeness (QED) is 0.739. The van der Waals surface area contributed by atoms with E-state index in [1.807, 2.05) is 45.9 Å². The molecule has 0 aromatic heterocycles. The Hall–Kier alpha value is -0.540. The summed E-state index contributed by atoms with van der Waals surface area (Å²) in [5.74, 6) is 0.0819. The number of hydrogen-bond acceptors (Lipinski definition) is 1. The van der Waals surface area contributed by atoms with E-state index in [-0.39, 0.29) is 5.91 Å². The molecule has 100 valence electrons. The number of carbonyl (C=O) groups excluding carboxylic acids is 1. The number of amides is 1. The van der Waals surface area contributed by atoms with Gasteiger partial charge in [-0.1, -0.05) is 54.4 Å². The van der Waals surface area contributed by atoms with Crippen LogP contribution in [-0.2, 0) is 10.1 Å². The number of alkyl halides is 1. The van der Waals surface area contributed by atoms with Gasteiger partial charge < -0.3 is 4.90 Å². The molecule has 0 heterocycles. The van der Waals surface area contributed by atoms with Crippen molar-refractivity contribution in [2.24, 2.45) is 5.41 Å². The zero-order valence-electron chi connectivity index (χ0n) is 11.3. The lowest BCUT2D eigenvalue weighted by molar-refractivity contribution is -0.125. The van der Waals surface area contributed by atoms with Crippen LogP contribution in [0.1, 0.15) is 33.3 Å². The molecule has 1 aromatic rings. The average molecular weight is 333 g/mol. The molecule has 0 saturated carbocycles. The zero-order valence-corrected chi connectivity index (χ0v) is 13.6. The largest absolute Gasteiger partial charge is 0.311 e. The van der Waals surface area contributed by atoms with E-state index in [0.717, 1.165) is 16.6 Å². The van der Waals surface area contributed by atoms with Crippen LogP contribution in [0.25, 0.3) is 0 Å². The minimum absolute atomic E-state index is 0.0819. The topological polar surface area (TPSA) is 20.3 Å². The summed E-state index contributed by atoms with van der Waals surface area (Å²) in [6.07, 6.45) is 0. The van der Waals surface area contributed by atoms with E-state index in [4.69, 9.17) is 11.6 Å². The molecular weight excluding hydrogens is 314 g/mol. The minimum Gasteiger partial charge on any atom is -0.311 e. The first-order valence-electron chi connectivity index (χ1n) is 5.97. The van der Waals surface area contributed by atoms with E-state index in [2.05, 4.69) is 15.9 Å². The fourth-order valence-corrected chi connectivity index (χ4v) is 2.33. The first-order valence-corrected chi connectivity index (χ1v) is 7.47. The third-order valence-electron chi connectivity index (χ3n) is 2.66. The molecule has 0 aliphatic carbocycles. The Labute approximate surface area is 122 Å². The summed E-state index contributed by atoms with van der Waals surface area (Å²) in [5, 5.41) is 1.37. The second-order valence-electron chi connectivity index (χ2n) is 5.22. The van der Waals surface area contributed by atoms with Crippen LogP contribution in [0.2, 0.25) is 5.02 Å². The molecule has 0 unspecified atom stereocenters. The monoisotopic (exact) mass is 331 g/mol. The summed E-state index contributed by atoms with van der Waals surface area (Å²) in [7, 11) is 0. The van der Waals surface area contributed by atoms with E-state index >= 15 is 0 Å². The Balaban J connectivity index is 3.14. The molecule has 0 N–H and O–H groups in total. The summed E-state index contributed by atoms with van der Waals surface area (Å²) in [5.41, 5.74) is 1.47. The van der Waals surface area contributed by atoms with E-state index in [1.54, 1.807) is 4.90 Å². The fourth-order valence-electron chi connectivity index (χ4n) is 1.68. The molecule has 0 radical (unpaired) electrons. The van der Waals surface area contributed by atoms with E-state index in [0.29, 0.717) is 11.6 Å². The van der Waals surface area contributed by atoms with Gasteiger partial charge in [-0.3, -0.25) is 4.79 Å². The van der Waals surface area contributed by atoms with Gasteiger partial charge in [0.25, 0.3) is 0 Å². The highest BCUT2D eigenvalue weighted by Gasteiger charge is 2.28. The molecule has 0 spiro atoms. The maximum atomic E-state index is 12.4. The first kappa shape index (κ1) is 15.5. The Morgan fingerprint density at radius 2 is 2.00 bits per heavy atom. The summed E-state index contributed by atoms with van der Waals surface area (Å²) in [4.78, 5) is 14.1. The van der Waals surface area contributed by atoms with Gasteiger partial charge in [0, 0.05) is 17.3 Å². The van der Waals surface area contributed by atoms with Crippen LogP contribution in [-0.4, -0.2) is 12.5 Å². The van der Waals surface area contributed by atoms with Crippen molar-refractivity contribution in [1.29, 1.82) is 0 Å². The summed E-state index contributed by atoms with van der Waals surface area (Å²) in [6, 6.07) is 5.78. The van der Waals surface area contributed by atoms with Gasteiger partial charge in [0.2, 0.25) is 5.91 Å². The van der Waals surface area contributed by atoms with Crippen LogP contribution in [0.15, 0.2) is 18.2 Å². The maximum Gasteiger partial charge on any atom is 0.232 e. The van der Waals surface area contributed by atoms with Crippen LogP contribution in [0.3, 0.4) is 0 Å². The third kappa shape index (κ3) is 3.48. The Bertz CT molecular complexity index is 440. The molecule has 1 amide bonds. The third-order valence-corrected chi connectivity index (χ3v) is 3.61. The Kier molecular flexibility index (Phi) is 5.23. The van der Waals surface area contributed by atoms with Crippen LogP contribution in [0.5, 0.6) is 0 Å². The average Bonchev–Trinajstić information content (AvgIpc) is 2.30. The molecule has 4 heteroatoms. The number of benzene rings is 1. The van der Waals surface area contributed by atoms with E-state index in [9.17, 15) is 4.79 Å². The fraction of sp³-hybridized carbons (Fsp3) is 0.500. The van der Waals surface area contributed by atoms with E-state index < -0.39 is 5.41 Å². The smallest absolute Gasteiger partial charge is 0.232 e. The maximum absolute atomic E-state index is 12.4. The molecule has 0 fully saturated rings. The summed E-state index contributed by atoms with van der Waals surface area (Å²) in [6.45, 7) is 8.32. The molecule has 18 heavy (non-hydrogen) atoms. The van der Waals surface area contributed by atoms with Gasteiger partial charge >= 0.3 is 0 Å². The highest BCUT2D eigenvalue weighted by molar-refractivity contribution is 9.08. The highest BCUT2D eigenvalue weighted by atomic mass is 79.9. The van der Waals surface area contributed by atoms with Gasteiger partial charge in [-0.05, 0) is 24.6 Å². The number of rotatable bonds is 3. The molecule has 2 nitrogen and oxygen atoms in total. The molecular formula is C14H19BrClNO. The lowest BCUT2D eigenvalue weighted by atomic mass is 9.94. The second kappa shape index (κ2) is 6.07. The number of nitrogens with zero attached hydrogens (tertiary/aromatic N) is 1. The standard InChI is InChI=1S/C14H19BrClNO/c1-5-17(13(18)14(2,3)4)12-7-6-10(9-15)8-11(12)16/h6-8H,5,9H2,1-4H3. The second-order valence-corrected chi connectivity index (χ2v) is 6.19. The van der Waals surface area contributed by atoms with Gasteiger partial charge in [-0.15, -0.1) is 0 Å². The van der Waals surface area contributed by atoms with Crippen molar-refractivity contribution in [2.75, 3.05) is 11.4 Å². The van der Waals surface area contributed by atoms with Crippen molar-refractivity contribution in [3.63, 3.8) is 0 Å². The summed E-state index contributed by atoms with van der Waals surface area (Å²) < 4.78 is 0.